The summed E-state index contributed by atoms with van der Waals surface area (Å²) >= 11 is 0. The van der Waals surface area contributed by atoms with Gasteiger partial charge in [-0.05, 0) is 41.8 Å². The number of rotatable bonds is 8. The lowest BCUT2D eigenvalue weighted by Crippen LogP contribution is -2.40. The molecule has 0 aromatic heterocycles. The number of carboxylic acid groups (broad SMARTS) is 1. The van der Waals surface area contributed by atoms with E-state index in [1.807, 2.05) is 24.3 Å². The summed E-state index contributed by atoms with van der Waals surface area (Å²) in [4.78, 5) is 23.2. The van der Waals surface area contributed by atoms with Gasteiger partial charge in [0.15, 0.2) is 0 Å². The SMILES string of the molecule is CCc1ccc(CC(=O)NCC(Oc2ccc(F)cc2)C(=O)O)cc1. The zero-order chi connectivity index (χ0) is 18.2. The number of aryl methyl sites for hydroxylation is 1. The maximum atomic E-state index is 12.9. The molecule has 1 unspecified atom stereocenters. The van der Waals surface area contributed by atoms with E-state index in [0.29, 0.717) is 0 Å². The summed E-state index contributed by atoms with van der Waals surface area (Å²) in [5, 5.41) is 11.8. The van der Waals surface area contributed by atoms with Crippen LogP contribution in [0.15, 0.2) is 48.5 Å². The number of aliphatic carboxylic acids is 1. The molecule has 25 heavy (non-hydrogen) atoms. The van der Waals surface area contributed by atoms with Crippen molar-refractivity contribution in [3.05, 3.63) is 65.5 Å². The fourth-order valence-corrected chi connectivity index (χ4v) is 2.20. The van der Waals surface area contributed by atoms with Crippen molar-refractivity contribution in [1.82, 2.24) is 5.32 Å². The number of ether oxygens (including phenoxy) is 1. The molecule has 0 aliphatic carbocycles. The van der Waals surface area contributed by atoms with Crippen molar-refractivity contribution in [2.45, 2.75) is 25.9 Å². The first-order valence-corrected chi connectivity index (χ1v) is 7.97. The minimum atomic E-state index is -1.25. The Balaban J connectivity index is 1.87. The number of halogens is 1. The summed E-state index contributed by atoms with van der Waals surface area (Å²) in [6.45, 7) is 1.87. The Kier molecular flexibility index (Phi) is 6.51. The number of benzene rings is 2. The highest BCUT2D eigenvalue weighted by atomic mass is 19.1. The number of nitrogens with one attached hydrogen (secondary N) is 1. The van der Waals surface area contributed by atoms with Crippen LogP contribution in [0.2, 0.25) is 0 Å². The first-order chi connectivity index (χ1) is 12.0. The first-order valence-electron chi connectivity index (χ1n) is 7.97. The van der Waals surface area contributed by atoms with E-state index in [1.54, 1.807) is 0 Å². The fraction of sp³-hybridized carbons (Fsp3) is 0.263. The number of amides is 1. The highest BCUT2D eigenvalue weighted by Gasteiger charge is 2.20. The molecule has 2 N–H and O–H groups in total. The average molecular weight is 345 g/mol. The van der Waals surface area contributed by atoms with Crippen molar-refractivity contribution >= 4 is 11.9 Å². The summed E-state index contributed by atoms with van der Waals surface area (Å²) in [5.41, 5.74) is 2.03. The van der Waals surface area contributed by atoms with Gasteiger partial charge in [-0.15, -0.1) is 0 Å². The molecule has 0 aliphatic rings. The van der Waals surface area contributed by atoms with Gasteiger partial charge in [-0.25, -0.2) is 9.18 Å². The molecule has 2 aromatic rings. The van der Waals surface area contributed by atoms with Crippen LogP contribution in [0, 0.1) is 5.82 Å². The third kappa shape index (κ3) is 5.91. The van der Waals surface area contributed by atoms with Crippen molar-refractivity contribution in [3.63, 3.8) is 0 Å². The fourth-order valence-electron chi connectivity index (χ4n) is 2.20. The molecule has 0 saturated carbocycles. The minimum Gasteiger partial charge on any atom is -0.478 e. The third-order valence-corrected chi connectivity index (χ3v) is 3.65. The Morgan fingerprint density at radius 2 is 1.68 bits per heavy atom. The molecule has 0 saturated heterocycles. The number of hydrogen-bond acceptors (Lipinski definition) is 3. The van der Waals surface area contributed by atoms with Crippen molar-refractivity contribution in [2.24, 2.45) is 0 Å². The second kappa shape index (κ2) is 8.82. The maximum absolute atomic E-state index is 12.9. The summed E-state index contributed by atoms with van der Waals surface area (Å²) in [6.07, 6.45) is -0.169. The lowest BCUT2D eigenvalue weighted by atomic mass is 10.1. The number of hydrogen-bond donors (Lipinski definition) is 2. The number of carbonyl (C=O) groups is 2. The van der Waals surface area contributed by atoms with Gasteiger partial charge in [0.1, 0.15) is 11.6 Å². The molecule has 1 atom stereocenters. The summed E-state index contributed by atoms with van der Waals surface area (Å²) in [5.74, 6) is -1.73. The van der Waals surface area contributed by atoms with Gasteiger partial charge in [0.25, 0.3) is 0 Å². The normalized spacial score (nSPS) is 11.6. The molecule has 2 aromatic carbocycles. The van der Waals surface area contributed by atoms with Crippen LogP contribution in [-0.2, 0) is 22.4 Å². The van der Waals surface area contributed by atoms with Crippen LogP contribution in [0.25, 0.3) is 0 Å². The lowest BCUT2D eigenvalue weighted by molar-refractivity contribution is -0.145. The molecular weight excluding hydrogens is 325 g/mol. The largest absolute Gasteiger partial charge is 0.478 e. The van der Waals surface area contributed by atoms with Crippen LogP contribution >= 0.6 is 0 Å². The van der Waals surface area contributed by atoms with E-state index in [9.17, 15) is 19.1 Å². The van der Waals surface area contributed by atoms with Crippen LogP contribution in [-0.4, -0.2) is 29.6 Å². The molecule has 0 heterocycles. The molecule has 5 nitrogen and oxygen atoms in total. The maximum Gasteiger partial charge on any atom is 0.346 e. The highest BCUT2D eigenvalue weighted by molar-refractivity contribution is 5.80. The number of carbonyl (C=O) groups excluding carboxylic acids is 1. The van der Waals surface area contributed by atoms with E-state index in [-0.39, 0.29) is 24.6 Å². The molecule has 2 rings (SSSR count). The Morgan fingerprint density at radius 1 is 1.08 bits per heavy atom. The van der Waals surface area contributed by atoms with Gasteiger partial charge in [0.2, 0.25) is 12.0 Å². The van der Waals surface area contributed by atoms with Crippen molar-refractivity contribution in [2.75, 3.05) is 6.54 Å². The molecule has 0 fully saturated rings. The van der Waals surface area contributed by atoms with Crippen LogP contribution in [0.4, 0.5) is 4.39 Å². The van der Waals surface area contributed by atoms with E-state index < -0.39 is 17.9 Å². The first kappa shape index (κ1) is 18.4. The quantitative estimate of drug-likeness (QED) is 0.771. The minimum absolute atomic E-state index is 0.160. The Labute approximate surface area is 145 Å². The average Bonchev–Trinajstić information content (AvgIpc) is 2.60. The Bertz CT molecular complexity index is 713. The van der Waals surface area contributed by atoms with E-state index >= 15 is 0 Å². The molecule has 0 bridgehead atoms. The summed E-state index contributed by atoms with van der Waals surface area (Å²) in [7, 11) is 0. The standard InChI is InChI=1S/C19H20FNO4/c1-2-13-3-5-14(6-4-13)11-18(22)21-12-17(19(23)24)25-16-9-7-15(20)8-10-16/h3-10,17H,2,11-12H2,1H3,(H,21,22)(H,23,24). The molecule has 1 amide bonds. The second-order valence-corrected chi connectivity index (χ2v) is 5.55. The van der Waals surface area contributed by atoms with Crippen LogP contribution < -0.4 is 10.1 Å². The van der Waals surface area contributed by atoms with E-state index in [4.69, 9.17) is 4.74 Å². The predicted molar refractivity (Wildman–Crippen MR) is 91.0 cm³/mol. The van der Waals surface area contributed by atoms with Gasteiger partial charge in [-0.3, -0.25) is 4.79 Å². The molecular formula is C19H20FNO4. The molecule has 0 aliphatic heterocycles. The van der Waals surface area contributed by atoms with Crippen molar-refractivity contribution in [3.8, 4) is 5.75 Å². The number of carboxylic acids is 1. The van der Waals surface area contributed by atoms with E-state index in [0.717, 1.165) is 12.0 Å². The zero-order valence-corrected chi connectivity index (χ0v) is 13.9. The van der Waals surface area contributed by atoms with E-state index in [2.05, 4.69) is 12.2 Å². The molecule has 132 valence electrons. The van der Waals surface area contributed by atoms with Crippen LogP contribution in [0.1, 0.15) is 18.1 Å². The second-order valence-electron chi connectivity index (χ2n) is 5.55. The molecule has 0 radical (unpaired) electrons. The predicted octanol–water partition coefficient (Wildman–Crippen LogP) is 2.58. The van der Waals surface area contributed by atoms with Gasteiger partial charge in [0, 0.05) is 0 Å². The highest BCUT2D eigenvalue weighted by Crippen LogP contribution is 2.13. The summed E-state index contributed by atoms with van der Waals surface area (Å²) < 4.78 is 18.1. The van der Waals surface area contributed by atoms with Crippen LogP contribution in [0.5, 0.6) is 5.75 Å². The smallest absolute Gasteiger partial charge is 0.346 e. The third-order valence-electron chi connectivity index (χ3n) is 3.65. The van der Waals surface area contributed by atoms with Gasteiger partial charge in [-0.2, -0.15) is 0 Å². The zero-order valence-electron chi connectivity index (χ0n) is 13.9. The van der Waals surface area contributed by atoms with Gasteiger partial charge >= 0.3 is 5.97 Å². The Morgan fingerprint density at radius 3 is 2.24 bits per heavy atom. The van der Waals surface area contributed by atoms with Crippen molar-refractivity contribution < 1.29 is 23.8 Å². The monoisotopic (exact) mass is 345 g/mol. The topological polar surface area (TPSA) is 75.6 Å². The van der Waals surface area contributed by atoms with Crippen LogP contribution in [0.3, 0.4) is 0 Å². The van der Waals surface area contributed by atoms with Gasteiger partial charge < -0.3 is 15.2 Å². The Hall–Kier alpha value is -2.89. The van der Waals surface area contributed by atoms with Gasteiger partial charge in [-0.1, -0.05) is 31.2 Å². The molecule has 0 spiro atoms. The van der Waals surface area contributed by atoms with Crippen molar-refractivity contribution in [1.29, 1.82) is 0 Å². The van der Waals surface area contributed by atoms with Gasteiger partial charge in [0.05, 0.1) is 13.0 Å². The summed E-state index contributed by atoms with van der Waals surface area (Å²) in [6, 6.07) is 12.7. The van der Waals surface area contributed by atoms with E-state index in [1.165, 1.54) is 29.8 Å². The lowest BCUT2D eigenvalue weighted by Gasteiger charge is -2.16. The molecule has 6 heteroatoms.